The molecule has 0 radical (unpaired) electrons. The quantitative estimate of drug-likeness (QED) is 0.747. The van der Waals surface area contributed by atoms with E-state index in [0.29, 0.717) is 5.92 Å². The molecule has 0 fully saturated rings. The zero-order valence-electron chi connectivity index (χ0n) is 12.2. The minimum atomic E-state index is 0.315. The molecule has 19 heavy (non-hydrogen) atoms. The highest BCUT2D eigenvalue weighted by molar-refractivity contribution is 5.28. The Morgan fingerprint density at radius 3 is 2.42 bits per heavy atom. The second-order valence-electron chi connectivity index (χ2n) is 5.23. The van der Waals surface area contributed by atoms with Gasteiger partial charge in [0.1, 0.15) is 17.5 Å². The van der Waals surface area contributed by atoms with Gasteiger partial charge in [-0.05, 0) is 33.1 Å². The Morgan fingerprint density at radius 2 is 1.84 bits per heavy atom. The average molecular weight is 257 g/mol. The van der Waals surface area contributed by atoms with Crippen molar-refractivity contribution in [1.82, 2.24) is 15.0 Å². The molecule has 0 bridgehead atoms. The third-order valence-corrected chi connectivity index (χ3v) is 3.45. The minimum Gasteiger partial charge on any atom is -0.219 e. The van der Waals surface area contributed by atoms with Crippen LogP contribution in [-0.2, 0) is 0 Å². The van der Waals surface area contributed by atoms with Gasteiger partial charge >= 0.3 is 0 Å². The minimum absolute atomic E-state index is 0.315. The third kappa shape index (κ3) is 3.98. The number of nitrogens with zero attached hydrogens (tertiary/aromatic N) is 3. The van der Waals surface area contributed by atoms with Gasteiger partial charge in [-0.3, -0.25) is 0 Å². The predicted molar refractivity (Wildman–Crippen MR) is 78.0 cm³/mol. The molecule has 0 saturated carbocycles. The molecule has 1 aliphatic rings. The van der Waals surface area contributed by atoms with Crippen molar-refractivity contribution in [2.45, 2.75) is 58.8 Å². The van der Waals surface area contributed by atoms with Crippen molar-refractivity contribution in [2.75, 3.05) is 0 Å². The topological polar surface area (TPSA) is 38.7 Å². The van der Waals surface area contributed by atoms with Crippen LogP contribution < -0.4 is 0 Å². The Kier molecular flexibility index (Phi) is 4.83. The van der Waals surface area contributed by atoms with E-state index in [1.165, 1.54) is 31.3 Å². The Hall–Kier alpha value is -1.51. The van der Waals surface area contributed by atoms with E-state index < -0.39 is 0 Å². The fourth-order valence-electron chi connectivity index (χ4n) is 2.43. The van der Waals surface area contributed by atoms with Crippen LogP contribution in [-0.4, -0.2) is 15.0 Å². The maximum atomic E-state index is 4.46. The van der Waals surface area contributed by atoms with Crippen molar-refractivity contribution in [3.05, 3.63) is 41.3 Å². The SMILES string of the molecule is CCCCCC1=CCC(c2nc(C)nc(C)n2)C=C1. The fourth-order valence-corrected chi connectivity index (χ4v) is 2.43. The van der Waals surface area contributed by atoms with Gasteiger partial charge in [0.15, 0.2) is 0 Å². The number of rotatable bonds is 5. The van der Waals surface area contributed by atoms with E-state index in [4.69, 9.17) is 0 Å². The molecule has 1 aromatic rings. The summed E-state index contributed by atoms with van der Waals surface area (Å²) >= 11 is 0. The summed E-state index contributed by atoms with van der Waals surface area (Å²) in [4.78, 5) is 13.1. The first kappa shape index (κ1) is 13.9. The normalized spacial score (nSPS) is 18.5. The van der Waals surface area contributed by atoms with Crippen molar-refractivity contribution in [1.29, 1.82) is 0 Å². The lowest BCUT2D eigenvalue weighted by atomic mass is 9.93. The first-order valence-corrected chi connectivity index (χ1v) is 7.25. The van der Waals surface area contributed by atoms with E-state index in [9.17, 15) is 0 Å². The second kappa shape index (κ2) is 6.60. The first-order chi connectivity index (χ1) is 9.19. The van der Waals surface area contributed by atoms with Gasteiger partial charge < -0.3 is 0 Å². The summed E-state index contributed by atoms with van der Waals surface area (Å²) in [6, 6.07) is 0. The fraction of sp³-hybridized carbons (Fsp3) is 0.562. The standard InChI is InChI=1S/C16H23N3/c1-4-5-6-7-14-8-10-15(11-9-14)16-18-12(2)17-13(3)19-16/h8-10,15H,4-7,11H2,1-3H3. The maximum absolute atomic E-state index is 4.46. The molecule has 0 spiro atoms. The van der Waals surface area contributed by atoms with Gasteiger partial charge in [0.25, 0.3) is 0 Å². The number of hydrogen-bond acceptors (Lipinski definition) is 3. The van der Waals surface area contributed by atoms with Gasteiger partial charge in [0, 0.05) is 5.92 Å². The van der Waals surface area contributed by atoms with Crippen LogP contribution in [0.3, 0.4) is 0 Å². The van der Waals surface area contributed by atoms with Crippen molar-refractivity contribution in [2.24, 2.45) is 0 Å². The molecule has 1 atom stereocenters. The Morgan fingerprint density at radius 1 is 1.11 bits per heavy atom. The van der Waals surface area contributed by atoms with Gasteiger partial charge in [0.2, 0.25) is 0 Å². The van der Waals surface area contributed by atoms with E-state index in [2.05, 4.69) is 40.1 Å². The zero-order valence-corrected chi connectivity index (χ0v) is 12.2. The van der Waals surface area contributed by atoms with E-state index >= 15 is 0 Å². The van der Waals surface area contributed by atoms with E-state index in [1.54, 1.807) is 0 Å². The Bertz CT molecular complexity index is 469. The van der Waals surface area contributed by atoms with Crippen LogP contribution in [0.2, 0.25) is 0 Å². The second-order valence-corrected chi connectivity index (χ2v) is 5.23. The van der Waals surface area contributed by atoms with Crippen LogP contribution >= 0.6 is 0 Å². The summed E-state index contributed by atoms with van der Waals surface area (Å²) < 4.78 is 0. The molecule has 0 amide bonds. The van der Waals surface area contributed by atoms with Crippen LogP contribution in [0.1, 0.15) is 62.4 Å². The lowest BCUT2D eigenvalue weighted by molar-refractivity contribution is 0.698. The largest absolute Gasteiger partial charge is 0.219 e. The highest BCUT2D eigenvalue weighted by Gasteiger charge is 2.14. The molecule has 102 valence electrons. The predicted octanol–water partition coefficient (Wildman–Crippen LogP) is 4.04. The Labute approximate surface area is 115 Å². The van der Waals surface area contributed by atoms with Gasteiger partial charge in [-0.2, -0.15) is 0 Å². The van der Waals surface area contributed by atoms with Crippen LogP contribution in [0, 0.1) is 13.8 Å². The third-order valence-electron chi connectivity index (χ3n) is 3.45. The van der Waals surface area contributed by atoms with Crippen LogP contribution in [0.15, 0.2) is 23.8 Å². The highest BCUT2D eigenvalue weighted by Crippen LogP contribution is 2.26. The van der Waals surface area contributed by atoms with E-state index in [0.717, 1.165) is 23.9 Å². The monoisotopic (exact) mass is 257 g/mol. The zero-order chi connectivity index (χ0) is 13.7. The molecular weight excluding hydrogens is 234 g/mol. The molecule has 1 aliphatic carbocycles. The lowest BCUT2D eigenvalue weighted by Gasteiger charge is -2.15. The summed E-state index contributed by atoms with van der Waals surface area (Å²) in [6.07, 6.45) is 12.9. The van der Waals surface area contributed by atoms with Crippen LogP contribution in [0.25, 0.3) is 0 Å². The summed E-state index contributed by atoms with van der Waals surface area (Å²) in [5.74, 6) is 2.85. The molecule has 3 nitrogen and oxygen atoms in total. The van der Waals surface area contributed by atoms with Gasteiger partial charge in [-0.1, -0.05) is 43.6 Å². The summed E-state index contributed by atoms with van der Waals surface area (Å²) in [7, 11) is 0. The molecule has 1 aromatic heterocycles. The molecule has 0 saturated heterocycles. The smallest absolute Gasteiger partial charge is 0.139 e. The maximum Gasteiger partial charge on any atom is 0.139 e. The number of unbranched alkanes of at least 4 members (excludes halogenated alkanes) is 2. The summed E-state index contributed by atoms with van der Waals surface area (Å²) in [5.41, 5.74) is 1.47. The van der Waals surface area contributed by atoms with E-state index in [1.807, 2.05) is 13.8 Å². The summed E-state index contributed by atoms with van der Waals surface area (Å²) in [6.45, 7) is 6.10. The molecular formula is C16H23N3. The highest BCUT2D eigenvalue weighted by atomic mass is 15.0. The van der Waals surface area contributed by atoms with Crippen LogP contribution in [0.5, 0.6) is 0 Å². The lowest BCUT2D eigenvalue weighted by Crippen LogP contribution is -2.08. The van der Waals surface area contributed by atoms with Crippen molar-refractivity contribution < 1.29 is 0 Å². The number of allylic oxidation sites excluding steroid dienone is 4. The van der Waals surface area contributed by atoms with Crippen molar-refractivity contribution >= 4 is 0 Å². The van der Waals surface area contributed by atoms with Gasteiger partial charge in [-0.15, -0.1) is 0 Å². The molecule has 0 N–H and O–H groups in total. The molecule has 3 heteroatoms. The number of hydrogen-bond donors (Lipinski definition) is 0. The Balaban J connectivity index is 1.97. The van der Waals surface area contributed by atoms with Gasteiger partial charge in [0.05, 0.1) is 0 Å². The molecule has 0 aliphatic heterocycles. The average Bonchev–Trinajstić information content (AvgIpc) is 2.39. The van der Waals surface area contributed by atoms with Crippen molar-refractivity contribution in [3.63, 3.8) is 0 Å². The van der Waals surface area contributed by atoms with Crippen molar-refractivity contribution in [3.8, 4) is 0 Å². The molecule has 2 rings (SSSR count). The first-order valence-electron chi connectivity index (χ1n) is 7.25. The summed E-state index contributed by atoms with van der Waals surface area (Å²) in [5, 5.41) is 0. The molecule has 0 aromatic carbocycles. The number of aromatic nitrogens is 3. The van der Waals surface area contributed by atoms with Gasteiger partial charge in [-0.25, -0.2) is 15.0 Å². The van der Waals surface area contributed by atoms with Crippen LogP contribution in [0.4, 0.5) is 0 Å². The number of aryl methyl sites for hydroxylation is 2. The van der Waals surface area contributed by atoms with E-state index in [-0.39, 0.29) is 0 Å². The molecule has 1 unspecified atom stereocenters. The molecule has 1 heterocycles.